The van der Waals surface area contributed by atoms with Gasteiger partial charge in [0.25, 0.3) is 0 Å². The minimum absolute atomic E-state index is 0.0884. The second kappa shape index (κ2) is 13.3. The molecule has 6 heteroatoms. The molecule has 3 atom stereocenters. The summed E-state index contributed by atoms with van der Waals surface area (Å²) in [6.07, 6.45) is 15.2. The average Bonchev–Trinajstić information content (AvgIpc) is 3.34. The third-order valence-electron chi connectivity index (χ3n) is 8.43. The van der Waals surface area contributed by atoms with Crippen molar-refractivity contribution in [1.29, 1.82) is 0 Å². The van der Waals surface area contributed by atoms with E-state index in [0.29, 0.717) is 12.1 Å². The summed E-state index contributed by atoms with van der Waals surface area (Å²) in [6, 6.07) is 9.46. The molecule has 37 heavy (non-hydrogen) atoms. The maximum Gasteiger partial charge on any atom is 0.337 e. The quantitative estimate of drug-likeness (QED) is 0.203. The molecule has 1 aromatic carbocycles. The van der Waals surface area contributed by atoms with E-state index in [0.717, 1.165) is 74.5 Å². The Morgan fingerprint density at radius 1 is 0.973 bits per heavy atom. The number of unbranched alkanes of at least 4 members (excludes halogenated alkanes) is 6. The van der Waals surface area contributed by atoms with E-state index >= 15 is 0 Å². The molecule has 0 unspecified atom stereocenters. The minimum atomic E-state index is -0.195. The molecular weight excluding hydrogens is 462 g/mol. The molecule has 0 aromatic heterocycles. The number of methoxy groups -OCH3 is 2. The van der Waals surface area contributed by atoms with Crippen molar-refractivity contribution in [3.63, 3.8) is 0 Å². The zero-order valence-electron chi connectivity index (χ0n) is 23.5. The van der Waals surface area contributed by atoms with Crippen LogP contribution in [0.4, 0.5) is 0 Å². The first-order chi connectivity index (χ1) is 18.1. The van der Waals surface area contributed by atoms with Gasteiger partial charge in [-0.2, -0.15) is 0 Å². The number of aliphatic imine (C=N–C) groups is 1. The van der Waals surface area contributed by atoms with Gasteiger partial charge in [-0.25, -0.2) is 9.79 Å². The Kier molecular flexibility index (Phi) is 9.93. The van der Waals surface area contributed by atoms with Crippen molar-refractivity contribution in [2.75, 3.05) is 14.2 Å². The van der Waals surface area contributed by atoms with Crippen LogP contribution >= 0.6 is 0 Å². The first-order valence-corrected chi connectivity index (χ1v) is 14.7. The normalized spacial score (nSPS) is 22.7. The summed E-state index contributed by atoms with van der Waals surface area (Å²) in [5.74, 6) is 1.78. The number of hydrogen-bond donors (Lipinski definition) is 0. The highest BCUT2D eigenvalue weighted by Crippen LogP contribution is 2.43. The second-order valence-corrected chi connectivity index (χ2v) is 10.9. The van der Waals surface area contributed by atoms with Gasteiger partial charge in [0.05, 0.1) is 31.5 Å². The van der Waals surface area contributed by atoms with Crippen molar-refractivity contribution < 1.29 is 14.3 Å². The summed E-state index contributed by atoms with van der Waals surface area (Å²) in [5.41, 5.74) is 3.04. The van der Waals surface area contributed by atoms with Gasteiger partial charge in [0.2, 0.25) is 5.96 Å². The zero-order chi connectivity index (χ0) is 26.2. The third kappa shape index (κ3) is 6.32. The molecule has 0 radical (unpaired) electrons. The fraction of sp³-hybridized carbons (Fsp3) is 0.677. The van der Waals surface area contributed by atoms with Crippen LogP contribution in [0, 0.1) is 0 Å². The van der Waals surface area contributed by atoms with Crippen molar-refractivity contribution in [3.05, 3.63) is 41.1 Å². The zero-order valence-corrected chi connectivity index (χ0v) is 23.5. The van der Waals surface area contributed by atoms with E-state index < -0.39 is 0 Å². The molecule has 0 spiro atoms. The van der Waals surface area contributed by atoms with Crippen LogP contribution in [0.2, 0.25) is 0 Å². The Labute approximate surface area is 224 Å². The number of allylic oxidation sites excluding steroid dienone is 1. The van der Waals surface area contributed by atoms with Gasteiger partial charge < -0.3 is 19.3 Å². The fourth-order valence-electron chi connectivity index (χ4n) is 6.43. The van der Waals surface area contributed by atoms with Gasteiger partial charge in [-0.3, -0.25) is 0 Å². The molecule has 6 nitrogen and oxygen atoms in total. The molecule has 0 N–H and O–H groups in total. The van der Waals surface area contributed by atoms with E-state index in [4.69, 9.17) is 14.5 Å². The van der Waals surface area contributed by atoms with Crippen molar-refractivity contribution in [3.8, 4) is 5.75 Å². The number of rotatable bonds is 14. The Bertz CT molecular complexity index is 955. The van der Waals surface area contributed by atoms with Gasteiger partial charge in [0, 0.05) is 18.6 Å². The van der Waals surface area contributed by atoms with Gasteiger partial charge in [0.15, 0.2) is 0 Å². The van der Waals surface area contributed by atoms with Gasteiger partial charge in [-0.05, 0) is 56.2 Å². The number of esters is 1. The Morgan fingerprint density at radius 3 is 2.41 bits per heavy atom. The van der Waals surface area contributed by atoms with E-state index in [2.05, 4.69) is 47.9 Å². The van der Waals surface area contributed by atoms with Crippen molar-refractivity contribution in [2.45, 2.75) is 122 Å². The highest BCUT2D eigenvalue weighted by Gasteiger charge is 2.49. The first kappa shape index (κ1) is 27.5. The molecule has 2 fully saturated rings. The average molecular weight is 510 g/mol. The number of ether oxygens (including phenoxy) is 2. The third-order valence-corrected chi connectivity index (χ3v) is 8.43. The Hall–Kier alpha value is -2.50. The maximum absolute atomic E-state index is 13.0. The topological polar surface area (TPSA) is 54.4 Å². The van der Waals surface area contributed by atoms with Crippen molar-refractivity contribution in [2.24, 2.45) is 4.99 Å². The van der Waals surface area contributed by atoms with E-state index in [1.54, 1.807) is 7.11 Å². The molecule has 0 saturated carbocycles. The first-order valence-electron chi connectivity index (χ1n) is 14.7. The molecule has 3 aliphatic rings. The van der Waals surface area contributed by atoms with Crippen LogP contribution in [-0.2, 0) is 16.1 Å². The number of hydrogen-bond acceptors (Lipinski definition) is 6. The van der Waals surface area contributed by atoms with Gasteiger partial charge in [0.1, 0.15) is 5.75 Å². The molecular formula is C31H47N3O3. The molecule has 3 heterocycles. The van der Waals surface area contributed by atoms with Crippen LogP contribution in [0.3, 0.4) is 0 Å². The number of benzene rings is 1. The summed E-state index contributed by atoms with van der Waals surface area (Å²) >= 11 is 0. The van der Waals surface area contributed by atoms with E-state index in [-0.39, 0.29) is 12.0 Å². The summed E-state index contributed by atoms with van der Waals surface area (Å²) < 4.78 is 10.7. The van der Waals surface area contributed by atoms with Crippen LogP contribution in [0.25, 0.3) is 0 Å². The van der Waals surface area contributed by atoms with Crippen LogP contribution in [0.15, 0.2) is 40.5 Å². The SMILES string of the molecule is CCCCCCC[C@H]1C[C@H]2CC[C@@H]3C(C(=O)OC)=C(CCCCC)N=C(N1Cc1ccc(OC)cc1)N23. The molecule has 1 aromatic rings. The summed E-state index contributed by atoms with van der Waals surface area (Å²) in [7, 11) is 3.22. The standard InChI is InChI=1S/C31H47N3O3/c1-5-7-9-10-12-13-24-21-25-17-20-28-29(30(35)37-4)27(14-11-8-6-2)32-31(34(25)28)33(24)22-23-15-18-26(36-3)19-16-23/h15-16,18-19,24-25,28H,5-14,17,20-22H2,1-4H3/t24-,25+,28+/m0/s1. The van der Waals surface area contributed by atoms with Crippen LogP contribution in [0.5, 0.6) is 5.75 Å². The number of guanidine groups is 1. The highest BCUT2D eigenvalue weighted by molar-refractivity contribution is 5.95. The van der Waals surface area contributed by atoms with Crippen LogP contribution < -0.4 is 4.74 Å². The van der Waals surface area contributed by atoms with Gasteiger partial charge in [-0.1, -0.05) is 70.9 Å². The Morgan fingerprint density at radius 2 is 1.70 bits per heavy atom. The van der Waals surface area contributed by atoms with Gasteiger partial charge in [-0.15, -0.1) is 0 Å². The summed E-state index contributed by atoms with van der Waals surface area (Å²) in [6.45, 7) is 5.32. The number of nitrogens with zero attached hydrogens (tertiary/aromatic N) is 3. The molecule has 4 rings (SSSR count). The van der Waals surface area contributed by atoms with Crippen LogP contribution in [-0.4, -0.2) is 54.1 Å². The Balaban J connectivity index is 1.67. The molecule has 0 amide bonds. The van der Waals surface area contributed by atoms with Crippen LogP contribution in [0.1, 0.15) is 103 Å². The lowest BCUT2D eigenvalue weighted by molar-refractivity contribution is -0.136. The maximum atomic E-state index is 13.0. The molecule has 204 valence electrons. The molecule has 2 saturated heterocycles. The lowest BCUT2D eigenvalue weighted by Crippen LogP contribution is -2.60. The number of carbonyl (C=O) groups excluding carboxylic acids is 1. The van der Waals surface area contributed by atoms with E-state index in [1.807, 2.05) is 0 Å². The van der Waals surface area contributed by atoms with E-state index in [9.17, 15) is 4.79 Å². The predicted octanol–water partition coefficient (Wildman–Crippen LogP) is 6.84. The highest BCUT2D eigenvalue weighted by atomic mass is 16.5. The van der Waals surface area contributed by atoms with E-state index in [1.165, 1.54) is 51.2 Å². The number of carbonyl (C=O) groups is 1. The minimum Gasteiger partial charge on any atom is -0.497 e. The largest absolute Gasteiger partial charge is 0.497 e. The smallest absolute Gasteiger partial charge is 0.337 e. The fourth-order valence-corrected chi connectivity index (χ4v) is 6.43. The second-order valence-electron chi connectivity index (χ2n) is 10.9. The molecule has 0 bridgehead atoms. The summed E-state index contributed by atoms with van der Waals surface area (Å²) in [5, 5.41) is 0. The predicted molar refractivity (Wildman–Crippen MR) is 150 cm³/mol. The van der Waals surface area contributed by atoms with Crippen molar-refractivity contribution >= 4 is 11.9 Å². The monoisotopic (exact) mass is 509 g/mol. The molecule has 0 aliphatic carbocycles. The van der Waals surface area contributed by atoms with Gasteiger partial charge >= 0.3 is 5.97 Å². The lowest BCUT2D eigenvalue weighted by atomic mass is 9.94. The van der Waals surface area contributed by atoms with Crippen molar-refractivity contribution in [1.82, 2.24) is 9.80 Å². The summed E-state index contributed by atoms with van der Waals surface area (Å²) in [4.78, 5) is 23.3. The lowest BCUT2D eigenvalue weighted by Gasteiger charge is -2.50. The molecule has 3 aliphatic heterocycles.